The van der Waals surface area contributed by atoms with E-state index in [-0.39, 0.29) is 11.3 Å². The summed E-state index contributed by atoms with van der Waals surface area (Å²) in [6.07, 6.45) is 9.07. The molecule has 1 aliphatic carbocycles. The third-order valence-electron chi connectivity index (χ3n) is 7.38. The van der Waals surface area contributed by atoms with Crippen molar-refractivity contribution in [3.05, 3.63) is 35.9 Å². The van der Waals surface area contributed by atoms with Crippen LogP contribution in [0.15, 0.2) is 30.3 Å². The molecule has 5 nitrogen and oxygen atoms in total. The van der Waals surface area contributed by atoms with E-state index in [1.807, 2.05) is 11.0 Å². The number of likely N-dealkylation sites (tertiary alicyclic amines) is 1. The minimum absolute atomic E-state index is 0.245. The zero-order valence-electron chi connectivity index (χ0n) is 18.2. The van der Waals surface area contributed by atoms with Crippen molar-refractivity contribution >= 4 is 11.8 Å². The van der Waals surface area contributed by atoms with Crippen molar-refractivity contribution in [1.29, 1.82) is 0 Å². The standard InChI is InChI=1S/C25H36N2O3/c28-23(26-16-18-30-19-17-26)12-11-21-8-7-15-27(20-21)24(29)25(13-5-2-6-14-25)22-9-3-1-4-10-22/h1,3-4,9-10,21H,2,5-8,11-20H2. The van der Waals surface area contributed by atoms with Crippen LogP contribution in [0.25, 0.3) is 0 Å². The van der Waals surface area contributed by atoms with Crippen LogP contribution in [-0.2, 0) is 19.7 Å². The zero-order chi connectivity index (χ0) is 20.8. The summed E-state index contributed by atoms with van der Waals surface area (Å²) in [6.45, 7) is 4.41. The highest BCUT2D eigenvalue weighted by Crippen LogP contribution is 2.41. The van der Waals surface area contributed by atoms with Gasteiger partial charge in [0.25, 0.3) is 0 Å². The van der Waals surface area contributed by atoms with E-state index in [9.17, 15) is 9.59 Å². The first-order valence-electron chi connectivity index (χ1n) is 11.9. The molecule has 30 heavy (non-hydrogen) atoms. The Morgan fingerprint density at radius 3 is 2.40 bits per heavy atom. The molecule has 1 saturated carbocycles. The monoisotopic (exact) mass is 412 g/mol. The van der Waals surface area contributed by atoms with Crippen LogP contribution in [0.2, 0.25) is 0 Å². The van der Waals surface area contributed by atoms with Gasteiger partial charge in [-0.3, -0.25) is 9.59 Å². The van der Waals surface area contributed by atoms with Crippen molar-refractivity contribution in [2.45, 2.75) is 63.2 Å². The van der Waals surface area contributed by atoms with Gasteiger partial charge >= 0.3 is 0 Å². The molecule has 1 atom stereocenters. The highest BCUT2D eigenvalue weighted by molar-refractivity contribution is 5.88. The SMILES string of the molecule is O=C(CCC1CCCN(C(=O)C2(c3ccccc3)CCCCC2)C1)N1CCOCC1. The molecule has 0 spiro atoms. The Kier molecular flexibility index (Phi) is 7.08. The Hall–Kier alpha value is -1.88. The highest BCUT2D eigenvalue weighted by Gasteiger charge is 2.44. The summed E-state index contributed by atoms with van der Waals surface area (Å²) in [4.78, 5) is 30.4. The van der Waals surface area contributed by atoms with Crippen LogP contribution in [0.3, 0.4) is 0 Å². The Morgan fingerprint density at radius 2 is 1.67 bits per heavy atom. The van der Waals surface area contributed by atoms with Crippen molar-refractivity contribution in [1.82, 2.24) is 9.80 Å². The maximum Gasteiger partial charge on any atom is 0.233 e. The topological polar surface area (TPSA) is 49.9 Å². The van der Waals surface area contributed by atoms with Gasteiger partial charge in [0, 0.05) is 32.6 Å². The molecule has 5 heteroatoms. The van der Waals surface area contributed by atoms with Gasteiger partial charge < -0.3 is 14.5 Å². The van der Waals surface area contributed by atoms with E-state index in [0.717, 1.165) is 58.0 Å². The Labute approximate surface area is 180 Å². The first kappa shape index (κ1) is 21.4. The Balaban J connectivity index is 1.39. The van der Waals surface area contributed by atoms with Crippen molar-refractivity contribution < 1.29 is 14.3 Å². The van der Waals surface area contributed by atoms with Crippen LogP contribution in [-0.4, -0.2) is 61.0 Å². The average molecular weight is 413 g/mol. The number of benzene rings is 1. The minimum Gasteiger partial charge on any atom is -0.378 e. The molecule has 4 rings (SSSR count). The van der Waals surface area contributed by atoms with Gasteiger partial charge in [0.15, 0.2) is 0 Å². The molecule has 0 bridgehead atoms. The lowest BCUT2D eigenvalue weighted by atomic mass is 9.68. The molecule has 2 aliphatic heterocycles. The number of amides is 2. The zero-order valence-corrected chi connectivity index (χ0v) is 18.2. The third kappa shape index (κ3) is 4.72. The third-order valence-corrected chi connectivity index (χ3v) is 7.38. The fourth-order valence-electron chi connectivity index (χ4n) is 5.62. The van der Waals surface area contributed by atoms with Gasteiger partial charge in [-0.05, 0) is 43.6 Å². The van der Waals surface area contributed by atoms with Crippen LogP contribution in [0.5, 0.6) is 0 Å². The predicted molar refractivity (Wildman–Crippen MR) is 117 cm³/mol. The number of hydrogen-bond donors (Lipinski definition) is 0. The number of ether oxygens (including phenoxy) is 1. The average Bonchev–Trinajstić information content (AvgIpc) is 2.84. The molecule has 1 aromatic rings. The van der Waals surface area contributed by atoms with Crippen molar-refractivity contribution in [2.24, 2.45) is 5.92 Å². The van der Waals surface area contributed by atoms with Gasteiger partial charge in [0.05, 0.1) is 18.6 Å². The first-order valence-corrected chi connectivity index (χ1v) is 11.9. The number of hydrogen-bond acceptors (Lipinski definition) is 3. The number of carbonyl (C=O) groups excluding carboxylic acids is 2. The van der Waals surface area contributed by atoms with Gasteiger partial charge in [-0.15, -0.1) is 0 Å². The number of morpholine rings is 1. The first-order chi connectivity index (χ1) is 14.7. The molecular weight excluding hydrogens is 376 g/mol. The highest BCUT2D eigenvalue weighted by atomic mass is 16.5. The van der Waals surface area contributed by atoms with Crippen LogP contribution in [0, 0.1) is 5.92 Å². The fourth-order valence-corrected chi connectivity index (χ4v) is 5.62. The molecule has 0 aromatic heterocycles. The van der Waals surface area contributed by atoms with Crippen LogP contribution in [0.4, 0.5) is 0 Å². The number of piperidine rings is 1. The van der Waals surface area contributed by atoms with E-state index >= 15 is 0 Å². The Bertz CT molecular complexity index is 708. The summed E-state index contributed by atoms with van der Waals surface area (Å²) in [5.74, 6) is 1.01. The number of carbonyl (C=O) groups is 2. The maximum atomic E-state index is 13.8. The van der Waals surface area contributed by atoms with E-state index in [0.29, 0.717) is 44.5 Å². The molecule has 3 aliphatic rings. The lowest BCUT2D eigenvalue weighted by molar-refractivity contribution is -0.141. The largest absolute Gasteiger partial charge is 0.378 e. The molecule has 164 valence electrons. The molecule has 0 N–H and O–H groups in total. The fraction of sp³-hybridized carbons (Fsp3) is 0.680. The van der Waals surface area contributed by atoms with Crippen molar-refractivity contribution in [3.63, 3.8) is 0 Å². The molecule has 2 heterocycles. The van der Waals surface area contributed by atoms with Gasteiger partial charge in [0.1, 0.15) is 0 Å². The summed E-state index contributed by atoms with van der Waals surface area (Å²) in [5.41, 5.74) is 0.852. The summed E-state index contributed by atoms with van der Waals surface area (Å²) < 4.78 is 5.35. The van der Waals surface area contributed by atoms with Gasteiger partial charge in [0.2, 0.25) is 11.8 Å². The molecule has 2 amide bonds. The smallest absolute Gasteiger partial charge is 0.233 e. The quantitative estimate of drug-likeness (QED) is 0.740. The Morgan fingerprint density at radius 1 is 0.933 bits per heavy atom. The summed E-state index contributed by atoms with van der Waals surface area (Å²) in [5, 5.41) is 0. The number of nitrogens with zero attached hydrogens (tertiary/aromatic N) is 2. The normalized spacial score (nSPS) is 24.5. The van der Waals surface area contributed by atoms with E-state index in [4.69, 9.17) is 4.74 Å². The molecule has 1 aromatic carbocycles. The second-order valence-electron chi connectivity index (χ2n) is 9.30. The lowest BCUT2D eigenvalue weighted by Crippen LogP contribution is -2.51. The van der Waals surface area contributed by atoms with Crippen LogP contribution >= 0.6 is 0 Å². The van der Waals surface area contributed by atoms with Gasteiger partial charge in [-0.1, -0.05) is 49.6 Å². The summed E-state index contributed by atoms with van der Waals surface area (Å²) in [7, 11) is 0. The second kappa shape index (κ2) is 9.95. The second-order valence-corrected chi connectivity index (χ2v) is 9.30. The van der Waals surface area contributed by atoms with Crippen molar-refractivity contribution in [3.8, 4) is 0 Å². The molecule has 1 unspecified atom stereocenters. The van der Waals surface area contributed by atoms with E-state index in [1.54, 1.807) is 0 Å². The van der Waals surface area contributed by atoms with E-state index in [1.165, 1.54) is 12.0 Å². The summed E-state index contributed by atoms with van der Waals surface area (Å²) in [6, 6.07) is 10.5. The van der Waals surface area contributed by atoms with Gasteiger partial charge in [-0.25, -0.2) is 0 Å². The molecule has 0 radical (unpaired) electrons. The summed E-state index contributed by atoms with van der Waals surface area (Å²) >= 11 is 0. The molecule has 2 saturated heterocycles. The minimum atomic E-state index is -0.342. The van der Waals surface area contributed by atoms with Crippen LogP contribution in [0.1, 0.15) is 63.4 Å². The van der Waals surface area contributed by atoms with E-state index in [2.05, 4.69) is 29.2 Å². The molecule has 3 fully saturated rings. The van der Waals surface area contributed by atoms with Crippen LogP contribution < -0.4 is 0 Å². The molecular formula is C25H36N2O3. The lowest BCUT2D eigenvalue weighted by Gasteiger charge is -2.43. The van der Waals surface area contributed by atoms with Gasteiger partial charge in [-0.2, -0.15) is 0 Å². The van der Waals surface area contributed by atoms with Crippen molar-refractivity contribution in [2.75, 3.05) is 39.4 Å². The predicted octanol–water partition coefficient (Wildman–Crippen LogP) is 3.77. The van der Waals surface area contributed by atoms with E-state index < -0.39 is 0 Å². The number of rotatable bonds is 5. The maximum absolute atomic E-state index is 13.8.